The van der Waals surface area contributed by atoms with E-state index < -0.39 is 21.3 Å². The van der Waals surface area contributed by atoms with Gasteiger partial charge in [0.1, 0.15) is 4.90 Å². The molecule has 0 radical (unpaired) electrons. The molecule has 242 valence electrons. The normalized spacial score (nSPS) is 24.2. The summed E-state index contributed by atoms with van der Waals surface area (Å²) in [6.45, 7) is 2.81. The lowest BCUT2D eigenvalue weighted by Gasteiger charge is -2.38. The summed E-state index contributed by atoms with van der Waals surface area (Å²) < 4.78 is 35.6. The summed E-state index contributed by atoms with van der Waals surface area (Å²) in [5, 5.41) is 6.54. The van der Waals surface area contributed by atoms with Gasteiger partial charge in [0.25, 0.3) is 15.9 Å². The van der Waals surface area contributed by atoms with Gasteiger partial charge in [0.2, 0.25) is 5.91 Å². The number of fused-ring (bicyclic) bond motifs is 4. The molecule has 2 amide bonds. The van der Waals surface area contributed by atoms with Crippen molar-refractivity contribution in [2.24, 2.45) is 11.3 Å². The molecule has 0 unspecified atom stereocenters. The summed E-state index contributed by atoms with van der Waals surface area (Å²) in [6.07, 6.45) is 5.49. The lowest BCUT2D eigenvalue weighted by atomic mass is 9.78. The number of sulfonamides is 1. The molecule has 9 nitrogen and oxygen atoms in total. The molecule has 3 aromatic carbocycles. The van der Waals surface area contributed by atoms with Crippen LogP contribution < -0.4 is 14.9 Å². The minimum Gasteiger partial charge on any atom is -0.376 e. The summed E-state index contributed by atoms with van der Waals surface area (Å²) in [7, 11) is -4.17. The number of carbonyl (C=O) groups excluding carboxylic acids is 2. The Balaban J connectivity index is 1.38. The topological polar surface area (TPSA) is 108 Å². The molecule has 0 aromatic heterocycles. The zero-order valence-electron chi connectivity index (χ0n) is 25.6. The Labute approximate surface area is 275 Å². The number of piperidine rings is 1. The zero-order valence-corrected chi connectivity index (χ0v) is 27.2. The van der Waals surface area contributed by atoms with Gasteiger partial charge in [-0.25, -0.2) is 8.42 Å². The fourth-order valence-corrected chi connectivity index (χ4v) is 8.61. The molecule has 2 fully saturated rings. The van der Waals surface area contributed by atoms with Crippen LogP contribution in [0.4, 0.5) is 5.69 Å². The second-order valence-electron chi connectivity index (χ2n) is 12.3. The summed E-state index contributed by atoms with van der Waals surface area (Å²) in [5.74, 6) is -0.397. The number of ether oxygens (including phenoxy) is 1. The maximum absolute atomic E-state index is 14.3. The van der Waals surface area contributed by atoms with Crippen molar-refractivity contribution < 1.29 is 22.7 Å². The van der Waals surface area contributed by atoms with Gasteiger partial charge in [-0.1, -0.05) is 72.3 Å². The van der Waals surface area contributed by atoms with E-state index in [2.05, 4.69) is 22.8 Å². The van der Waals surface area contributed by atoms with Gasteiger partial charge in [-0.2, -0.15) is 0 Å². The molecule has 2 atom stereocenters. The maximum Gasteiger partial charge on any atom is 0.266 e. The number of benzene rings is 3. The molecular formula is C35H39ClN4O5S. The molecular weight excluding hydrogens is 624 g/mol. The highest BCUT2D eigenvalue weighted by Crippen LogP contribution is 2.35. The molecule has 46 heavy (non-hydrogen) atoms. The Bertz CT molecular complexity index is 1680. The highest BCUT2D eigenvalue weighted by atomic mass is 35.5. The number of hydrogen-bond donors (Lipinski definition) is 2. The van der Waals surface area contributed by atoms with E-state index in [1.807, 2.05) is 29.2 Å². The summed E-state index contributed by atoms with van der Waals surface area (Å²) in [6, 6.07) is 22.8. The number of nitrogens with zero attached hydrogens (tertiary/aromatic N) is 2. The number of carbonyl (C=O) groups is 2. The first-order valence-electron chi connectivity index (χ1n) is 15.7. The van der Waals surface area contributed by atoms with Crippen LogP contribution in [0.5, 0.6) is 0 Å². The summed E-state index contributed by atoms with van der Waals surface area (Å²) >= 11 is 6.49. The third kappa shape index (κ3) is 6.85. The standard InChI is InChI=1S/C35H39ClN4O5S/c36-30-14-13-27-22-32(30)46(43,44)40(29-11-5-2-6-12-29)19-7-8-20-45-25-35(15-17-37-18-16-35)34(42)39-23-28(31(24-39)38-33(27)41)21-26-9-3-1-4-10-26/h1-14,22,28,31,37H,15-21,23-25H2,(H,38,41)/b8-7+/t28-,31+/m1/s1. The minimum atomic E-state index is -4.17. The van der Waals surface area contributed by atoms with Crippen molar-refractivity contribution in [1.29, 1.82) is 0 Å². The Morgan fingerprint density at radius 3 is 2.37 bits per heavy atom. The number of halogens is 1. The molecule has 3 aliphatic rings. The second kappa shape index (κ2) is 14.0. The van der Waals surface area contributed by atoms with Gasteiger partial charge in [-0.15, -0.1) is 0 Å². The fraction of sp³-hybridized carbons (Fsp3) is 0.371. The minimum absolute atomic E-state index is 0.0195. The quantitative estimate of drug-likeness (QED) is 0.406. The predicted octanol–water partition coefficient (Wildman–Crippen LogP) is 4.29. The molecule has 2 N–H and O–H groups in total. The Hall–Kier alpha value is -3.70. The molecule has 3 aromatic rings. The molecule has 11 heteroatoms. The smallest absolute Gasteiger partial charge is 0.266 e. The molecule has 3 heterocycles. The van der Waals surface area contributed by atoms with Crippen molar-refractivity contribution in [3.8, 4) is 0 Å². The number of amides is 2. The molecule has 6 rings (SSSR count). The van der Waals surface area contributed by atoms with Crippen LogP contribution in [0.25, 0.3) is 0 Å². The van der Waals surface area contributed by atoms with E-state index >= 15 is 0 Å². The first kappa shape index (κ1) is 32.2. The maximum atomic E-state index is 14.3. The summed E-state index contributed by atoms with van der Waals surface area (Å²) in [4.78, 5) is 29.8. The van der Waals surface area contributed by atoms with E-state index in [4.69, 9.17) is 16.3 Å². The van der Waals surface area contributed by atoms with Crippen LogP contribution in [0.1, 0.15) is 28.8 Å². The van der Waals surface area contributed by atoms with Gasteiger partial charge in [0.15, 0.2) is 0 Å². The van der Waals surface area contributed by atoms with Crippen LogP contribution in [0.3, 0.4) is 0 Å². The number of hydrogen-bond acceptors (Lipinski definition) is 6. The van der Waals surface area contributed by atoms with Crippen LogP contribution in [0, 0.1) is 11.3 Å². The third-order valence-electron chi connectivity index (χ3n) is 9.24. The average Bonchev–Trinajstić information content (AvgIpc) is 3.46. The number of anilines is 1. The van der Waals surface area contributed by atoms with Gasteiger partial charge in [0, 0.05) is 24.6 Å². The van der Waals surface area contributed by atoms with E-state index in [0.29, 0.717) is 38.0 Å². The monoisotopic (exact) mass is 662 g/mol. The molecule has 4 bridgehead atoms. The van der Waals surface area contributed by atoms with E-state index in [-0.39, 0.29) is 53.1 Å². The molecule has 2 saturated heterocycles. The second-order valence-corrected chi connectivity index (χ2v) is 14.5. The van der Waals surface area contributed by atoms with Gasteiger partial charge in [-0.3, -0.25) is 13.9 Å². The number of para-hydroxylation sites is 1. The van der Waals surface area contributed by atoms with Crippen LogP contribution in [0.2, 0.25) is 5.02 Å². The first-order chi connectivity index (χ1) is 22.3. The fourth-order valence-electron chi connectivity index (χ4n) is 6.69. The van der Waals surface area contributed by atoms with Crippen LogP contribution in [0.15, 0.2) is 95.9 Å². The van der Waals surface area contributed by atoms with Crippen LogP contribution in [-0.4, -0.2) is 77.1 Å². The van der Waals surface area contributed by atoms with E-state index in [0.717, 1.165) is 18.7 Å². The number of rotatable bonds is 3. The molecule has 0 saturated carbocycles. The first-order valence-corrected chi connectivity index (χ1v) is 17.5. The van der Waals surface area contributed by atoms with Gasteiger partial charge < -0.3 is 20.3 Å². The lowest BCUT2D eigenvalue weighted by Crippen LogP contribution is -2.51. The Morgan fingerprint density at radius 2 is 1.63 bits per heavy atom. The largest absolute Gasteiger partial charge is 0.376 e. The van der Waals surface area contributed by atoms with Crippen LogP contribution >= 0.6 is 11.6 Å². The Morgan fingerprint density at radius 1 is 0.913 bits per heavy atom. The van der Waals surface area contributed by atoms with Gasteiger partial charge >= 0.3 is 0 Å². The molecule has 0 aliphatic carbocycles. The van der Waals surface area contributed by atoms with E-state index in [9.17, 15) is 18.0 Å². The van der Waals surface area contributed by atoms with Crippen molar-refractivity contribution in [3.63, 3.8) is 0 Å². The SMILES string of the molecule is O=C1N[C@H]2CN(C[C@H]2Cc2ccccc2)C(=O)C2(CCNCC2)COC/C=C/CN(c2ccccc2)S(=O)(=O)c2cc1ccc2Cl. The Kier molecular flexibility index (Phi) is 9.79. The van der Waals surface area contributed by atoms with E-state index in [1.165, 1.54) is 22.5 Å². The number of nitrogens with one attached hydrogen (secondary N) is 2. The highest BCUT2D eigenvalue weighted by molar-refractivity contribution is 7.93. The van der Waals surface area contributed by atoms with E-state index in [1.54, 1.807) is 36.4 Å². The molecule has 3 aliphatic heterocycles. The van der Waals surface area contributed by atoms with Crippen molar-refractivity contribution >= 4 is 39.1 Å². The average molecular weight is 663 g/mol. The van der Waals surface area contributed by atoms with Gasteiger partial charge in [0.05, 0.1) is 41.9 Å². The molecule has 1 spiro atoms. The zero-order chi connectivity index (χ0) is 32.1. The highest BCUT2D eigenvalue weighted by Gasteiger charge is 2.46. The lowest BCUT2D eigenvalue weighted by molar-refractivity contribution is -0.147. The van der Waals surface area contributed by atoms with Crippen molar-refractivity contribution in [1.82, 2.24) is 15.5 Å². The summed E-state index contributed by atoms with van der Waals surface area (Å²) in [5.41, 5.74) is 1.08. The van der Waals surface area contributed by atoms with Crippen molar-refractivity contribution in [3.05, 3.63) is 107 Å². The van der Waals surface area contributed by atoms with Crippen molar-refractivity contribution in [2.45, 2.75) is 30.2 Å². The van der Waals surface area contributed by atoms with Crippen LogP contribution in [-0.2, 0) is 26.0 Å². The van der Waals surface area contributed by atoms with Gasteiger partial charge in [-0.05, 0) is 68.2 Å². The third-order valence-corrected chi connectivity index (χ3v) is 11.5. The predicted molar refractivity (Wildman–Crippen MR) is 178 cm³/mol. The van der Waals surface area contributed by atoms with Crippen molar-refractivity contribution in [2.75, 3.05) is 50.2 Å².